The van der Waals surface area contributed by atoms with Gasteiger partial charge in [0, 0.05) is 17.8 Å². The molecule has 0 amide bonds. The van der Waals surface area contributed by atoms with E-state index in [1.807, 2.05) is 30.5 Å². The van der Waals surface area contributed by atoms with Crippen molar-refractivity contribution in [2.45, 2.75) is 63.3 Å². The van der Waals surface area contributed by atoms with E-state index < -0.39 is 8.07 Å². The van der Waals surface area contributed by atoms with Crippen molar-refractivity contribution >= 4 is 30.9 Å². The van der Waals surface area contributed by atoms with Crippen molar-refractivity contribution in [3.63, 3.8) is 0 Å². The van der Waals surface area contributed by atoms with Crippen molar-refractivity contribution in [1.29, 1.82) is 0 Å². The van der Waals surface area contributed by atoms with Crippen LogP contribution in [0.3, 0.4) is 0 Å². The monoisotopic (exact) mass is 479 g/mol. The minimum absolute atomic E-state index is 0.159. The molecule has 33 heavy (non-hydrogen) atoms. The molecule has 2 aromatic heterocycles. The molecule has 0 atom stereocenters. The summed E-state index contributed by atoms with van der Waals surface area (Å²) in [5, 5.41) is 1.40. The van der Waals surface area contributed by atoms with Crippen LogP contribution in [0, 0.1) is 11.5 Å². The lowest BCUT2D eigenvalue weighted by atomic mass is 10.2. The summed E-state index contributed by atoms with van der Waals surface area (Å²) in [5.41, 5.74) is 7.10. The van der Waals surface area contributed by atoms with Gasteiger partial charge >= 0.3 is 0 Å². The second kappa shape index (κ2) is 10.1. The molecule has 0 spiro atoms. The highest BCUT2D eigenvalue weighted by molar-refractivity contribution is 7.98. The summed E-state index contributed by atoms with van der Waals surface area (Å²) in [6, 6.07) is 9.03. The van der Waals surface area contributed by atoms with Crippen LogP contribution in [0.25, 0.3) is 16.7 Å². The van der Waals surface area contributed by atoms with E-state index in [9.17, 15) is 4.79 Å². The van der Waals surface area contributed by atoms with Gasteiger partial charge in [-0.05, 0) is 47.1 Å². The molecule has 0 radical (unpaired) electrons. The van der Waals surface area contributed by atoms with Crippen LogP contribution in [0.5, 0.6) is 5.75 Å². The number of aromatic nitrogens is 3. The Morgan fingerprint density at radius 2 is 1.64 bits per heavy atom. The Bertz CT molecular complexity index is 1230. The summed E-state index contributed by atoms with van der Waals surface area (Å²) in [5.74, 6) is 4.17. The van der Waals surface area contributed by atoms with Crippen LogP contribution in [0.1, 0.15) is 47.1 Å². The first-order valence-corrected chi connectivity index (χ1v) is 14.8. The Labute approximate surface area is 202 Å². The fourth-order valence-electron chi connectivity index (χ4n) is 4.88. The van der Waals surface area contributed by atoms with E-state index in [1.165, 1.54) is 11.8 Å². The van der Waals surface area contributed by atoms with E-state index in [1.54, 1.807) is 23.9 Å². The van der Waals surface area contributed by atoms with Crippen LogP contribution in [0.4, 0.5) is 0 Å². The minimum atomic E-state index is -1.95. The van der Waals surface area contributed by atoms with Crippen molar-refractivity contribution in [1.82, 2.24) is 14.5 Å². The number of rotatable bonds is 6. The minimum Gasteiger partial charge on any atom is -0.497 e. The van der Waals surface area contributed by atoms with Gasteiger partial charge in [0.25, 0.3) is 5.56 Å². The number of thioether (sulfide) groups is 1. The van der Waals surface area contributed by atoms with Crippen LogP contribution in [-0.2, 0) is 0 Å². The van der Waals surface area contributed by atoms with E-state index in [0.717, 1.165) is 16.8 Å². The van der Waals surface area contributed by atoms with Gasteiger partial charge in [-0.25, -0.2) is 9.97 Å². The van der Waals surface area contributed by atoms with Gasteiger partial charge in [0.05, 0.1) is 18.2 Å². The molecule has 7 heteroatoms. The van der Waals surface area contributed by atoms with Crippen LogP contribution in [0.15, 0.2) is 46.5 Å². The van der Waals surface area contributed by atoms with E-state index >= 15 is 0 Å². The standard InChI is InChI=1S/C26H33N3O2SSi/c1-17(2)33(18(3)4,19(5)6)14-13-20-15-24(30)29(21-9-11-22(31-7)12-10-21)25-23(20)16-27-26(28-25)32-8/h9-12,15-19H,1-8H3. The molecule has 0 unspecified atom stereocenters. The quantitative estimate of drug-likeness (QED) is 0.186. The summed E-state index contributed by atoms with van der Waals surface area (Å²) < 4.78 is 6.89. The first kappa shape index (κ1) is 25.1. The van der Waals surface area contributed by atoms with Crippen LogP contribution < -0.4 is 10.3 Å². The number of hydrogen-bond donors (Lipinski definition) is 0. The molecule has 0 saturated heterocycles. The zero-order valence-corrected chi connectivity index (χ0v) is 22.6. The second-order valence-electron chi connectivity index (χ2n) is 9.17. The molecule has 2 heterocycles. The maximum atomic E-state index is 13.3. The topological polar surface area (TPSA) is 57.0 Å². The molecule has 0 aliphatic rings. The van der Waals surface area contributed by atoms with Crippen LogP contribution in [0.2, 0.25) is 16.6 Å². The Morgan fingerprint density at radius 1 is 1.03 bits per heavy atom. The lowest BCUT2D eigenvalue weighted by molar-refractivity contribution is 0.414. The fourth-order valence-corrected chi connectivity index (χ4v) is 10.4. The SMILES string of the molecule is COc1ccc(-n2c(=O)cc(C#C[Si](C(C)C)(C(C)C)C(C)C)c3cnc(SC)nc32)cc1. The van der Waals surface area contributed by atoms with Gasteiger partial charge < -0.3 is 4.74 Å². The average molecular weight is 480 g/mol. The Balaban J connectivity index is 2.31. The van der Waals surface area contributed by atoms with E-state index in [-0.39, 0.29) is 5.56 Å². The van der Waals surface area contributed by atoms with Gasteiger partial charge in [0.15, 0.2) is 10.8 Å². The molecule has 3 aromatic rings. The third-order valence-electron chi connectivity index (χ3n) is 6.53. The predicted molar refractivity (Wildman–Crippen MR) is 141 cm³/mol. The molecular formula is C26H33N3O2SSi. The molecule has 0 fully saturated rings. The maximum absolute atomic E-state index is 13.3. The van der Waals surface area contributed by atoms with Gasteiger partial charge in [-0.2, -0.15) is 0 Å². The predicted octanol–water partition coefficient (Wildman–Crippen LogP) is 6.08. The second-order valence-corrected chi connectivity index (χ2v) is 15.5. The molecule has 3 rings (SSSR count). The lowest BCUT2D eigenvalue weighted by Crippen LogP contribution is -2.43. The zero-order chi connectivity index (χ0) is 24.3. The number of hydrogen-bond acceptors (Lipinski definition) is 5. The number of methoxy groups -OCH3 is 1. The number of pyridine rings is 1. The Hall–Kier alpha value is -2.56. The average Bonchev–Trinajstić information content (AvgIpc) is 2.78. The van der Waals surface area contributed by atoms with Crippen molar-refractivity contribution in [3.05, 3.63) is 52.4 Å². The summed E-state index contributed by atoms with van der Waals surface area (Å²) in [6.07, 6.45) is 3.72. The number of ether oxygens (including phenoxy) is 1. The number of benzene rings is 1. The molecule has 0 N–H and O–H groups in total. The molecule has 1 aromatic carbocycles. The highest BCUT2D eigenvalue weighted by Gasteiger charge is 2.41. The van der Waals surface area contributed by atoms with Crippen LogP contribution >= 0.6 is 11.8 Å². The molecular weight excluding hydrogens is 446 g/mol. The van der Waals surface area contributed by atoms with Crippen LogP contribution in [-0.4, -0.2) is 36.0 Å². The summed E-state index contributed by atoms with van der Waals surface area (Å²) in [7, 11) is -0.328. The Kier molecular flexibility index (Phi) is 7.71. The fraction of sp³-hybridized carbons (Fsp3) is 0.423. The van der Waals surface area contributed by atoms with Gasteiger partial charge in [-0.1, -0.05) is 59.2 Å². The first-order chi connectivity index (χ1) is 15.6. The lowest BCUT2D eigenvalue weighted by Gasteiger charge is -2.38. The number of fused-ring (bicyclic) bond motifs is 1. The summed E-state index contributed by atoms with van der Waals surface area (Å²) in [6.45, 7) is 13.7. The molecule has 174 valence electrons. The molecule has 5 nitrogen and oxygen atoms in total. The third-order valence-corrected chi connectivity index (χ3v) is 13.4. The first-order valence-electron chi connectivity index (χ1n) is 11.3. The van der Waals surface area contributed by atoms with E-state index in [2.05, 4.69) is 58.0 Å². The highest BCUT2D eigenvalue weighted by Crippen LogP contribution is 2.40. The molecule has 0 bridgehead atoms. The smallest absolute Gasteiger partial charge is 0.258 e. The van der Waals surface area contributed by atoms with Crippen molar-refractivity contribution in [2.24, 2.45) is 0 Å². The molecule has 0 saturated carbocycles. The summed E-state index contributed by atoms with van der Waals surface area (Å²) >= 11 is 1.45. The van der Waals surface area contributed by atoms with E-state index in [4.69, 9.17) is 9.72 Å². The normalized spacial score (nSPS) is 11.8. The van der Waals surface area contributed by atoms with Crippen molar-refractivity contribution < 1.29 is 4.74 Å². The Morgan fingerprint density at radius 3 is 2.15 bits per heavy atom. The third kappa shape index (κ3) is 4.73. The molecule has 0 aliphatic carbocycles. The highest BCUT2D eigenvalue weighted by atomic mass is 32.2. The summed E-state index contributed by atoms with van der Waals surface area (Å²) in [4.78, 5) is 22.5. The van der Waals surface area contributed by atoms with Gasteiger partial charge in [-0.3, -0.25) is 9.36 Å². The van der Waals surface area contributed by atoms with Crippen molar-refractivity contribution in [3.8, 4) is 22.9 Å². The maximum Gasteiger partial charge on any atom is 0.258 e. The zero-order valence-electron chi connectivity index (χ0n) is 20.8. The van der Waals surface area contributed by atoms with Crippen molar-refractivity contribution in [2.75, 3.05) is 13.4 Å². The van der Waals surface area contributed by atoms with Gasteiger partial charge in [0.1, 0.15) is 13.8 Å². The largest absolute Gasteiger partial charge is 0.497 e. The van der Waals surface area contributed by atoms with E-state index in [0.29, 0.717) is 33.0 Å². The van der Waals surface area contributed by atoms with Gasteiger partial charge in [-0.15, -0.1) is 5.54 Å². The number of nitrogens with zero attached hydrogens (tertiary/aromatic N) is 3. The molecule has 0 aliphatic heterocycles. The van der Waals surface area contributed by atoms with Gasteiger partial charge in [0.2, 0.25) is 0 Å².